The molecule has 0 spiro atoms. The van der Waals surface area contributed by atoms with Crippen molar-refractivity contribution in [2.45, 2.75) is 32.0 Å². The van der Waals surface area contributed by atoms with Crippen molar-refractivity contribution >= 4 is 17.7 Å². The van der Waals surface area contributed by atoms with Crippen LogP contribution in [0.25, 0.3) is 5.95 Å². The van der Waals surface area contributed by atoms with Gasteiger partial charge in [0.05, 0.1) is 17.5 Å². The number of nitrogens with zero attached hydrogens (tertiary/aromatic N) is 6. The van der Waals surface area contributed by atoms with Crippen molar-refractivity contribution in [1.82, 2.24) is 29.6 Å². The molecule has 1 atom stereocenters. The number of nitrogen functional groups attached to an aromatic ring is 1. The number of amides is 1. The first-order chi connectivity index (χ1) is 12.9. The van der Waals surface area contributed by atoms with Crippen LogP contribution in [0.3, 0.4) is 0 Å². The Labute approximate surface area is 162 Å². The average molecular weight is 385 g/mol. The highest BCUT2D eigenvalue weighted by Crippen LogP contribution is 2.22. The van der Waals surface area contributed by atoms with Crippen molar-refractivity contribution in [2.75, 3.05) is 18.6 Å². The molecule has 0 aliphatic carbocycles. The second kappa shape index (κ2) is 7.83. The summed E-state index contributed by atoms with van der Waals surface area (Å²) in [5, 5.41) is 13.0. The van der Waals surface area contributed by atoms with Gasteiger partial charge in [-0.25, -0.2) is 9.36 Å². The Bertz CT molecular complexity index is 935. The molecule has 3 aromatic rings. The zero-order valence-corrected chi connectivity index (χ0v) is 16.6. The molecular weight excluding hydrogens is 362 g/mol. The summed E-state index contributed by atoms with van der Waals surface area (Å²) in [6, 6.07) is 11.8. The standard InChI is InChI=1S/C18H23N7OS/c1-12-10-13(2)25(22-12)17-20-21-18(24(17)19)27-11-16(26)23(4)14(3)15-8-6-5-7-9-15/h5-10,14H,11,19H2,1-4H3/t14-/m0/s1. The van der Waals surface area contributed by atoms with Gasteiger partial charge in [-0.05, 0) is 32.4 Å². The summed E-state index contributed by atoms with van der Waals surface area (Å²) >= 11 is 1.26. The van der Waals surface area contributed by atoms with E-state index in [0.29, 0.717) is 11.1 Å². The molecule has 1 amide bonds. The molecule has 0 aliphatic rings. The fraction of sp³-hybridized carbons (Fsp3) is 0.333. The lowest BCUT2D eigenvalue weighted by molar-refractivity contribution is -0.128. The van der Waals surface area contributed by atoms with Gasteiger partial charge >= 0.3 is 0 Å². The van der Waals surface area contributed by atoms with Gasteiger partial charge in [-0.15, -0.1) is 10.2 Å². The van der Waals surface area contributed by atoms with E-state index in [1.165, 1.54) is 16.4 Å². The van der Waals surface area contributed by atoms with Gasteiger partial charge in [-0.2, -0.15) is 5.10 Å². The number of rotatable bonds is 6. The van der Waals surface area contributed by atoms with Crippen LogP contribution in [0.15, 0.2) is 41.6 Å². The number of benzene rings is 1. The van der Waals surface area contributed by atoms with Crippen LogP contribution >= 0.6 is 11.8 Å². The van der Waals surface area contributed by atoms with E-state index in [0.717, 1.165) is 17.0 Å². The SMILES string of the molecule is Cc1cc(C)n(-c2nnc(SCC(=O)N(C)[C@@H](C)c3ccccc3)n2N)n1. The minimum atomic E-state index is -0.0136. The molecule has 0 saturated heterocycles. The lowest BCUT2D eigenvalue weighted by Gasteiger charge is -2.25. The Morgan fingerprint density at radius 2 is 1.96 bits per heavy atom. The predicted molar refractivity (Wildman–Crippen MR) is 105 cm³/mol. The first kappa shape index (κ1) is 19.0. The van der Waals surface area contributed by atoms with E-state index in [4.69, 9.17) is 5.84 Å². The highest BCUT2D eigenvalue weighted by atomic mass is 32.2. The van der Waals surface area contributed by atoms with Gasteiger partial charge < -0.3 is 10.7 Å². The third-order valence-electron chi connectivity index (χ3n) is 4.43. The topological polar surface area (TPSA) is 94.9 Å². The summed E-state index contributed by atoms with van der Waals surface area (Å²) < 4.78 is 3.00. The summed E-state index contributed by atoms with van der Waals surface area (Å²) in [5.41, 5.74) is 2.87. The zero-order chi connectivity index (χ0) is 19.6. The fourth-order valence-electron chi connectivity index (χ4n) is 2.74. The molecule has 0 radical (unpaired) electrons. The van der Waals surface area contributed by atoms with E-state index in [2.05, 4.69) is 15.3 Å². The van der Waals surface area contributed by atoms with Crippen molar-refractivity contribution in [3.05, 3.63) is 53.3 Å². The van der Waals surface area contributed by atoms with E-state index in [1.54, 1.807) is 16.6 Å². The molecular formula is C18H23N7OS. The number of thioether (sulfide) groups is 1. The number of nitrogens with two attached hydrogens (primary N) is 1. The largest absolute Gasteiger partial charge is 0.338 e. The number of aromatic nitrogens is 5. The van der Waals surface area contributed by atoms with Crippen molar-refractivity contribution in [3.8, 4) is 5.95 Å². The first-order valence-electron chi connectivity index (χ1n) is 8.56. The molecule has 1 aromatic carbocycles. The number of carbonyl (C=O) groups is 1. The summed E-state index contributed by atoms with van der Waals surface area (Å²) in [4.78, 5) is 14.3. The van der Waals surface area contributed by atoms with Crippen LogP contribution in [0.4, 0.5) is 0 Å². The first-order valence-corrected chi connectivity index (χ1v) is 9.54. The van der Waals surface area contributed by atoms with Gasteiger partial charge in [0, 0.05) is 12.7 Å². The Morgan fingerprint density at radius 3 is 2.59 bits per heavy atom. The molecule has 2 N–H and O–H groups in total. The van der Waals surface area contributed by atoms with Crippen molar-refractivity contribution in [2.24, 2.45) is 0 Å². The van der Waals surface area contributed by atoms with E-state index in [9.17, 15) is 4.79 Å². The Balaban J connectivity index is 1.66. The van der Waals surface area contributed by atoms with Crippen LogP contribution in [0.2, 0.25) is 0 Å². The summed E-state index contributed by atoms with van der Waals surface area (Å²) in [6.07, 6.45) is 0. The van der Waals surface area contributed by atoms with Crippen LogP contribution in [-0.2, 0) is 4.79 Å². The molecule has 0 aliphatic heterocycles. The zero-order valence-electron chi connectivity index (χ0n) is 15.8. The Kier molecular flexibility index (Phi) is 5.50. The monoisotopic (exact) mass is 385 g/mol. The van der Waals surface area contributed by atoms with E-state index >= 15 is 0 Å². The minimum Gasteiger partial charge on any atom is -0.338 e. The lowest BCUT2D eigenvalue weighted by Crippen LogP contribution is -2.31. The van der Waals surface area contributed by atoms with Gasteiger partial charge in [-0.3, -0.25) is 4.79 Å². The van der Waals surface area contributed by atoms with E-state index < -0.39 is 0 Å². The molecule has 27 heavy (non-hydrogen) atoms. The van der Waals surface area contributed by atoms with E-state index in [-0.39, 0.29) is 17.7 Å². The normalized spacial score (nSPS) is 12.1. The maximum atomic E-state index is 12.6. The van der Waals surface area contributed by atoms with Crippen LogP contribution in [0, 0.1) is 13.8 Å². The van der Waals surface area contributed by atoms with Crippen LogP contribution in [0.1, 0.15) is 29.9 Å². The van der Waals surface area contributed by atoms with Gasteiger partial charge in [0.25, 0.3) is 5.95 Å². The van der Waals surface area contributed by atoms with Gasteiger partial charge in [0.2, 0.25) is 11.1 Å². The summed E-state index contributed by atoms with van der Waals surface area (Å²) in [5.74, 6) is 6.74. The third kappa shape index (κ3) is 3.97. The number of hydrogen-bond donors (Lipinski definition) is 1. The minimum absolute atomic E-state index is 0.00739. The second-order valence-corrected chi connectivity index (χ2v) is 7.31. The summed E-state index contributed by atoms with van der Waals surface area (Å²) in [6.45, 7) is 5.83. The number of aryl methyl sites for hydroxylation is 2. The Morgan fingerprint density at radius 1 is 1.26 bits per heavy atom. The van der Waals surface area contributed by atoms with Crippen molar-refractivity contribution in [3.63, 3.8) is 0 Å². The van der Waals surface area contributed by atoms with Crippen molar-refractivity contribution < 1.29 is 4.79 Å². The quantitative estimate of drug-likeness (QED) is 0.516. The Hall–Kier alpha value is -2.81. The van der Waals surface area contributed by atoms with Crippen LogP contribution < -0.4 is 5.84 Å². The number of hydrogen-bond acceptors (Lipinski definition) is 6. The maximum Gasteiger partial charge on any atom is 0.271 e. The van der Waals surface area contributed by atoms with Crippen LogP contribution in [0.5, 0.6) is 0 Å². The maximum absolute atomic E-state index is 12.6. The molecule has 142 valence electrons. The molecule has 3 rings (SSSR count). The third-order valence-corrected chi connectivity index (χ3v) is 5.35. The second-order valence-electron chi connectivity index (χ2n) is 6.37. The molecule has 9 heteroatoms. The van der Waals surface area contributed by atoms with Gasteiger partial charge in [0.15, 0.2) is 0 Å². The van der Waals surface area contributed by atoms with Gasteiger partial charge in [0.1, 0.15) is 0 Å². The fourth-order valence-corrected chi connectivity index (χ4v) is 3.52. The highest BCUT2D eigenvalue weighted by Gasteiger charge is 2.20. The molecule has 8 nitrogen and oxygen atoms in total. The number of carbonyl (C=O) groups excluding carboxylic acids is 1. The molecule has 0 saturated carbocycles. The van der Waals surface area contributed by atoms with Crippen LogP contribution in [-0.4, -0.2) is 48.3 Å². The molecule has 2 aromatic heterocycles. The average Bonchev–Trinajstić information content (AvgIpc) is 3.20. The molecule has 0 fully saturated rings. The van der Waals surface area contributed by atoms with Gasteiger partial charge in [-0.1, -0.05) is 42.1 Å². The highest BCUT2D eigenvalue weighted by molar-refractivity contribution is 7.99. The summed E-state index contributed by atoms with van der Waals surface area (Å²) in [7, 11) is 1.80. The smallest absolute Gasteiger partial charge is 0.271 e. The van der Waals surface area contributed by atoms with E-state index in [1.807, 2.05) is 57.2 Å². The predicted octanol–water partition coefficient (Wildman–Crippen LogP) is 2.11. The molecule has 0 unspecified atom stereocenters. The van der Waals surface area contributed by atoms with Crippen molar-refractivity contribution in [1.29, 1.82) is 0 Å². The molecule has 2 heterocycles. The lowest BCUT2D eigenvalue weighted by atomic mass is 10.1. The molecule has 0 bridgehead atoms.